The average molecular weight is 364 g/mol. The fourth-order valence-electron chi connectivity index (χ4n) is 5.78. The van der Waals surface area contributed by atoms with Crippen molar-refractivity contribution in [1.29, 1.82) is 0 Å². The first-order chi connectivity index (χ1) is 13.7. The van der Waals surface area contributed by atoms with E-state index < -0.39 is 0 Å². The molecule has 2 aliphatic rings. The molecule has 0 saturated heterocycles. The molecule has 2 aliphatic carbocycles. The van der Waals surface area contributed by atoms with Gasteiger partial charge in [0.25, 0.3) is 0 Å². The summed E-state index contributed by atoms with van der Waals surface area (Å²) in [6, 6.07) is 24.5. The van der Waals surface area contributed by atoms with Crippen LogP contribution in [0.3, 0.4) is 0 Å². The molecule has 0 aliphatic heterocycles. The number of benzene rings is 3. The topological polar surface area (TPSA) is 4.93 Å². The summed E-state index contributed by atoms with van der Waals surface area (Å²) in [6.45, 7) is 4.86. The van der Waals surface area contributed by atoms with Gasteiger partial charge in [0.2, 0.25) is 0 Å². The molecule has 1 heteroatoms. The second-order valence-corrected chi connectivity index (χ2v) is 8.86. The van der Waals surface area contributed by atoms with Gasteiger partial charge in [0.1, 0.15) is 0 Å². The highest BCUT2D eigenvalue weighted by molar-refractivity contribution is 6.15. The van der Waals surface area contributed by atoms with Crippen molar-refractivity contribution in [2.45, 2.75) is 44.9 Å². The Morgan fingerprint density at radius 1 is 0.750 bits per heavy atom. The summed E-state index contributed by atoms with van der Waals surface area (Å²) in [6.07, 6.45) is 5.15. The first kappa shape index (κ1) is 16.2. The SMILES string of the molecule is CC1(C)C2=C(CCCC2)c2c1ccc1c2c2ccccc2n1-c1ccccc1. The molecule has 1 aromatic heterocycles. The lowest BCUT2D eigenvalue weighted by atomic mass is 9.77. The maximum absolute atomic E-state index is 2.44. The molecule has 4 aromatic rings. The third-order valence-corrected chi connectivity index (χ3v) is 7.05. The summed E-state index contributed by atoms with van der Waals surface area (Å²) in [4.78, 5) is 0. The van der Waals surface area contributed by atoms with Crippen molar-refractivity contribution in [2.75, 3.05) is 0 Å². The molecule has 1 heterocycles. The van der Waals surface area contributed by atoms with Crippen LogP contribution in [0, 0.1) is 0 Å². The van der Waals surface area contributed by atoms with Crippen LogP contribution in [0.2, 0.25) is 0 Å². The third-order valence-electron chi connectivity index (χ3n) is 7.05. The molecular weight excluding hydrogens is 338 g/mol. The van der Waals surface area contributed by atoms with Crippen LogP contribution in [0.4, 0.5) is 0 Å². The van der Waals surface area contributed by atoms with Gasteiger partial charge in [-0.1, -0.05) is 61.9 Å². The quantitative estimate of drug-likeness (QED) is 0.332. The molecule has 0 unspecified atom stereocenters. The van der Waals surface area contributed by atoms with E-state index in [1.54, 1.807) is 16.7 Å². The summed E-state index contributed by atoms with van der Waals surface area (Å²) >= 11 is 0. The number of nitrogens with zero attached hydrogens (tertiary/aromatic N) is 1. The van der Waals surface area contributed by atoms with Crippen molar-refractivity contribution >= 4 is 27.4 Å². The fraction of sp³-hybridized carbons (Fsp3) is 0.259. The monoisotopic (exact) mass is 363 g/mol. The molecule has 0 radical (unpaired) electrons. The average Bonchev–Trinajstić information content (AvgIpc) is 3.19. The zero-order valence-electron chi connectivity index (χ0n) is 16.6. The van der Waals surface area contributed by atoms with E-state index in [2.05, 4.69) is 85.1 Å². The Morgan fingerprint density at radius 2 is 1.50 bits per heavy atom. The Labute approximate surface area is 166 Å². The van der Waals surface area contributed by atoms with E-state index in [4.69, 9.17) is 0 Å². The number of rotatable bonds is 1. The number of para-hydroxylation sites is 2. The molecule has 0 N–H and O–H groups in total. The standard InChI is InChI=1S/C27H25N/c1-27(2)21-14-8-6-12-19(21)25-22(27)16-17-24-26(25)20-13-7-9-15-23(20)28(24)18-10-4-3-5-11-18/h3-5,7,9-11,13,15-17H,6,8,12,14H2,1-2H3. The van der Waals surface area contributed by atoms with Crippen LogP contribution in [-0.2, 0) is 5.41 Å². The number of aromatic nitrogens is 1. The maximum Gasteiger partial charge on any atom is 0.0547 e. The van der Waals surface area contributed by atoms with E-state index >= 15 is 0 Å². The fourth-order valence-corrected chi connectivity index (χ4v) is 5.78. The van der Waals surface area contributed by atoms with Gasteiger partial charge >= 0.3 is 0 Å². The van der Waals surface area contributed by atoms with Gasteiger partial charge in [-0.15, -0.1) is 0 Å². The minimum atomic E-state index is 0.162. The van der Waals surface area contributed by atoms with Crippen LogP contribution >= 0.6 is 0 Å². The Hall–Kier alpha value is -2.80. The minimum absolute atomic E-state index is 0.162. The van der Waals surface area contributed by atoms with Gasteiger partial charge < -0.3 is 4.57 Å². The van der Waals surface area contributed by atoms with E-state index in [0.717, 1.165) is 0 Å². The van der Waals surface area contributed by atoms with Crippen molar-refractivity contribution < 1.29 is 0 Å². The number of fused-ring (bicyclic) bond motifs is 6. The van der Waals surface area contributed by atoms with Gasteiger partial charge in [-0.3, -0.25) is 0 Å². The molecule has 6 rings (SSSR count). The van der Waals surface area contributed by atoms with Crippen molar-refractivity contribution in [1.82, 2.24) is 4.57 Å². The van der Waals surface area contributed by atoms with Crippen molar-refractivity contribution in [3.8, 4) is 5.69 Å². The van der Waals surface area contributed by atoms with Gasteiger partial charge in [0, 0.05) is 21.9 Å². The zero-order chi connectivity index (χ0) is 18.9. The van der Waals surface area contributed by atoms with Gasteiger partial charge in [0.15, 0.2) is 0 Å². The molecule has 1 nitrogen and oxygen atoms in total. The van der Waals surface area contributed by atoms with E-state index in [1.807, 2.05) is 0 Å². The summed E-state index contributed by atoms with van der Waals surface area (Å²) < 4.78 is 2.44. The van der Waals surface area contributed by atoms with Gasteiger partial charge in [-0.05, 0) is 66.6 Å². The highest BCUT2D eigenvalue weighted by Gasteiger charge is 2.39. The molecule has 0 fully saturated rings. The number of allylic oxidation sites excluding steroid dienone is 2. The van der Waals surface area contributed by atoms with E-state index in [0.29, 0.717) is 0 Å². The molecule has 138 valence electrons. The van der Waals surface area contributed by atoms with Crippen molar-refractivity contribution in [3.05, 3.63) is 83.4 Å². The zero-order valence-corrected chi connectivity index (χ0v) is 16.6. The van der Waals surface area contributed by atoms with Crippen LogP contribution in [0.5, 0.6) is 0 Å². The van der Waals surface area contributed by atoms with Gasteiger partial charge in [0.05, 0.1) is 11.0 Å². The van der Waals surface area contributed by atoms with Gasteiger partial charge in [-0.25, -0.2) is 0 Å². The first-order valence-electron chi connectivity index (χ1n) is 10.5. The van der Waals surface area contributed by atoms with Crippen LogP contribution in [-0.4, -0.2) is 4.57 Å². The lowest BCUT2D eigenvalue weighted by Gasteiger charge is -2.26. The normalized spacial score (nSPS) is 17.9. The Morgan fingerprint density at radius 3 is 2.36 bits per heavy atom. The summed E-state index contributed by atoms with van der Waals surface area (Å²) in [5.41, 5.74) is 10.5. The van der Waals surface area contributed by atoms with E-state index in [9.17, 15) is 0 Å². The molecule has 0 atom stereocenters. The smallest absolute Gasteiger partial charge is 0.0547 e. The lowest BCUT2D eigenvalue weighted by Crippen LogP contribution is -2.18. The second-order valence-electron chi connectivity index (χ2n) is 8.86. The summed E-state index contributed by atoms with van der Waals surface area (Å²) in [7, 11) is 0. The minimum Gasteiger partial charge on any atom is -0.309 e. The van der Waals surface area contributed by atoms with E-state index in [1.165, 1.54) is 58.7 Å². The maximum atomic E-state index is 2.44. The molecule has 0 spiro atoms. The third kappa shape index (κ3) is 1.97. The van der Waals surface area contributed by atoms with E-state index in [-0.39, 0.29) is 5.41 Å². The summed E-state index contributed by atoms with van der Waals surface area (Å²) in [5.74, 6) is 0. The van der Waals surface area contributed by atoms with Crippen molar-refractivity contribution in [2.24, 2.45) is 0 Å². The van der Waals surface area contributed by atoms with Crippen LogP contribution in [0.25, 0.3) is 33.1 Å². The Balaban J connectivity index is 1.81. The highest BCUT2D eigenvalue weighted by Crippen LogP contribution is 2.55. The van der Waals surface area contributed by atoms with Crippen molar-refractivity contribution in [3.63, 3.8) is 0 Å². The second kappa shape index (κ2) is 5.61. The van der Waals surface area contributed by atoms with Crippen LogP contribution < -0.4 is 0 Å². The Bertz CT molecular complexity index is 1270. The molecule has 3 aromatic carbocycles. The van der Waals surface area contributed by atoms with Gasteiger partial charge in [-0.2, -0.15) is 0 Å². The molecule has 0 bridgehead atoms. The Kier molecular flexibility index (Phi) is 3.24. The lowest BCUT2D eigenvalue weighted by molar-refractivity contribution is 0.574. The van der Waals surface area contributed by atoms with Crippen LogP contribution in [0.15, 0.2) is 72.3 Å². The molecule has 28 heavy (non-hydrogen) atoms. The number of hydrogen-bond acceptors (Lipinski definition) is 0. The molecule has 0 saturated carbocycles. The predicted molar refractivity (Wildman–Crippen MR) is 119 cm³/mol. The summed E-state index contributed by atoms with van der Waals surface area (Å²) in [5, 5.41) is 2.84. The highest BCUT2D eigenvalue weighted by atomic mass is 15.0. The number of hydrogen-bond donors (Lipinski definition) is 0. The molecule has 0 amide bonds. The predicted octanol–water partition coefficient (Wildman–Crippen LogP) is 7.40. The largest absolute Gasteiger partial charge is 0.309 e. The van der Waals surface area contributed by atoms with Crippen LogP contribution in [0.1, 0.15) is 50.7 Å². The first-order valence-corrected chi connectivity index (χ1v) is 10.5. The molecular formula is C27H25N.